The van der Waals surface area contributed by atoms with E-state index >= 15 is 0 Å². The van der Waals surface area contributed by atoms with Crippen molar-refractivity contribution >= 4 is 11.6 Å². The summed E-state index contributed by atoms with van der Waals surface area (Å²) < 4.78 is 1.95. The summed E-state index contributed by atoms with van der Waals surface area (Å²) in [5, 5.41) is 20.5. The van der Waals surface area contributed by atoms with Gasteiger partial charge in [-0.3, -0.25) is 9.20 Å². The number of pyridine rings is 1. The van der Waals surface area contributed by atoms with Crippen molar-refractivity contribution in [3.63, 3.8) is 0 Å². The standard InChI is InChI=1S/C17H18N4O2/c22-14-6-3-5-13(11-14)12-17(23)18-9-4-8-16-20-19-15-7-1-2-10-21(15)16/h1-3,5-7,10-11,22H,4,8-9,12H2,(H,18,23). The second kappa shape index (κ2) is 6.91. The molecule has 3 aromatic rings. The summed E-state index contributed by atoms with van der Waals surface area (Å²) in [5.41, 5.74) is 1.63. The van der Waals surface area contributed by atoms with E-state index in [4.69, 9.17) is 0 Å². The van der Waals surface area contributed by atoms with Gasteiger partial charge in [0.05, 0.1) is 6.42 Å². The third-order valence-corrected chi connectivity index (χ3v) is 3.56. The molecule has 0 bridgehead atoms. The third kappa shape index (κ3) is 3.85. The van der Waals surface area contributed by atoms with E-state index in [1.165, 1.54) is 0 Å². The Labute approximate surface area is 133 Å². The van der Waals surface area contributed by atoms with Gasteiger partial charge in [-0.2, -0.15) is 0 Å². The number of carbonyl (C=O) groups excluding carboxylic acids is 1. The summed E-state index contributed by atoms with van der Waals surface area (Å²) in [4.78, 5) is 11.9. The highest BCUT2D eigenvalue weighted by molar-refractivity contribution is 5.78. The van der Waals surface area contributed by atoms with Gasteiger partial charge in [-0.25, -0.2) is 0 Å². The lowest BCUT2D eigenvalue weighted by Gasteiger charge is -2.05. The lowest BCUT2D eigenvalue weighted by atomic mass is 10.1. The number of amides is 1. The number of phenols is 1. The first-order valence-corrected chi connectivity index (χ1v) is 7.55. The molecular weight excluding hydrogens is 292 g/mol. The van der Waals surface area contributed by atoms with E-state index in [1.54, 1.807) is 18.2 Å². The molecule has 0 saturated carbocycles. The van der Waals surface area contributed by atoms with Gasteiger partial charge in [-0.05, 0) is 36.2 Å². The Bertz CT molecular complexity index is 813. The third-order valence-electron chi connectivity index (χ3n) is 3.56. The van der Waals surface area contributed by atoms with Crippen LogP contribution in [0.4, 0.5) is 0 Å². The lowest BCUT2D eigenvalue weighted by molar-refractivity contribution is -0.120. The van der Waals surface area contributed by atoms with Gasteiger partial charge >= 0.3 is 0 Å². The molecule has 2 aromatic heterocycles. The van der Waals surface area contributed by atoms with E-state index in [9.17, 15) is 9.90 Å². The maximum absolute atomic E-state index is 11.9. The first-order chi connectivity index (χ1) is 11.2. The molecule has 0 aliphatic carbocycles. The molecule has 2 N–H and O–H groups in total. The molecule has 0 radical (unpaired) electrons. The van der Waals surface area contributed by atoms with Crippen molar-refractivity contribution < 1.29 is 9.90 Å². The second-order valence-electron chi connectivity index (χ2n) is 5.35. The van der Waals surface area contributed by atoms with Gasteiger partial charge in [0.2, 0.25) is 5.91 Å². The number of fused-ring (bicyclic) bond motifs is 1. The van der Waals surface area contributed by atoms with Crippen molar-refractivity contribution in [1.82, 2.24) is 19.9 Å². The number of carbonyl (C=O) groups is 1. The minimum atomic E-state index is -0.0540. The molecule has 0 spiro atoms. The van der Waals surface area contributed by atoms with Crippen molar-refractivity contribution in [2.45, 2.75) is 19.3 Å². The topological polar surface area (TPSA) is 79.5 Å². The molecule has 6 heteroatoms. The number of aromatic nitrogens is 3. The van der Waals surface area contributed by atoms with Crippen LogP contribution in [-0.2, 0) is 17.6 Å². The van der Waals surface area contributed by atoms with Crippen molar-refractivity contribution in [1.29, 1.82) is 0 Å². The SMILES string of the molecule is O=C(Cc1cccc(O)c1)NCCCc1nnc2ccccn12. The van der Waals surface area contributed by atoms with Crippen LogP contribution >= 0.6 is 0 Å². The fourth-order valence-electron chi connectivity index (χ4n) is 2.45. The summed E-state index contributed by atoms with van der Waals surface area (Å²) in [7, 11) is 0. The molecule has 0 unspecified atom stereocenters. The molecule has 0 fully saturated rings. The average Bonchev–Trinajstić information content (AvgIpc) is 2.95. The predicted octanol–water partition coefficient (Wildman–Crippen LogP) is 1.73. The maximum atomic E-state index is 11.9. The van der Waals surface area contributed by atoms with E-state index in [1.807, 2.05) is 34.9 Å². The zero-order valence-electron chi connectivity index (χ0n) is 12.6. The van der Waals surface area contributed by atoms with Gasteiger partial charge in [-0.15, -0.1) is 10.2 Å². The molecule has 0 atom stereocenters. The molecule has 6 nitrogen and oxygen atoms in total. The number of hydrogen-bond acceptors (Lipinski definition) is 4. The van der Waals surface area contributed by atoms with Crippen LogP contribution in [-0.4, -0.2) is 32.2 Å². The Hall–Kier alpha value is -2.89. The van der Waals surface area contributed by atoms with Gasteiger partial charge in [0.15, 0.2) is 5.65 Å². The van der Waals surface area contributed by atoms with E-state index in [-0.39, 0.29) is 18.1 Å². The largest absolute Gasteiger partial charge is 0.508 e. The smallest absolute Gasteiger partial charge is 0.224 e. The Morgan fingerprint density at radius 2 is 2.09 bits per heavy atom. The molecule has 23 heavy (non-hydrogen) atoms. The summed E-state index contributed by atoms with van der Waals surface area (Å²) >= 11 is 0. The highest BCUT2D eigenvalue weighted by Gasteiger charge is 2.06. The van der Waals surface area contributed by atoms with Crippen LogP contribution in [0.1, 0.15) is 17.8 Å². The van der Waals surface area contributed by atoms with Crippen molar-refractivity contribution in [2.24, 2.45) is 0 Å². The van der Waals surface area contributed by atoms with Crippen LogP contribution < -0.4 is 5.32 Å². The fraction of sp³-hybridized carbons (Fsp3) is 0.235. The minimum absolute atomic E-state index is 0.0540. The zero-order valence-corrected chi connectivity index (χ0v) is 12.6. The number of aromatic hydroxyl groups is 1. The number of aryl methyl sites for hydroxylation is 1. The molecule has 0 saturated heterocycles. The van der Waals surface area contributed by atoms with Gasteiger partial charge in [0, 0.05) is 19.2 Å². The number of phenolic OH excluding ortho intramolecular Hbond substituents is 1. The van der Waals surface area contributed by atoms with Crippen LogP contribution in [0.15, 0.2) is 48.7 Å². The van der Waals surface area contributed by atoms with Gasteiger partial charge in [-0.1, -0.05) is 18.2 Å². The monoisotopic (exact) mass is 310 g/mol. The Morgan fingerprint density at radius 1 is 1.17 bits per heavy atom. The van der Waals surface area contributed by atoms with Crippen LogP contribution in [0.3, 0.4) is 0 Å². The first kappa shape index (κ1) is 15.0. The van der Waals surface area contributed by atoms with Crippen LogP contribution in [0.2, 0.25) is 0 Å². The highest BCUT2D eigenvalue weighted by atomic mass is 16.3. The van der Waals surface area contributed by atoms with E-state index in [0.717, 1.165) is 29.9 Å². The summed E-state index contributed by atoms with van der Waals surface area (Å²) in [6.45, 7) is 0.583. The molecule has 2 heterocycles. The number of hydrogen-bond donors (Lipinski definition) is 2. The fourth-order valence-corrected chi connectivity index (χ4v) is 2.45. The van der Waals surface area contributed by atoms with E-state index in [2.05, 4.69) is 15.5 Å². The van der Waals surface area contributed by atoms with Gasteiger partial charge in [0.25, 0.3) is 0 Å². The van der Waals surface area contributed by atoms with Crippen molar-refractivity contribution in [2.75, 3.05) is 6.54 Å². The number of benzene rings is 1. The van der Waals surface area contributed by atoms with Crippen LogP contribution in [0, 0.1) is 0 Å². The van der Waals surface area contributed by atoms with E-state index < -0.39 is 0 Å². The number of nitrogens with one attached hydrogen (secondary N) is 1. The molecule has 118 valence electrons. The van der Waals surface area contributed by atoms with Crippen molar-refractivity contribution in [3.05, 3.63) is 60.0 Å². The summed E-state index contributed by atoms with van der Waals surface area (Å²) in [5.74, 6) is 1.01. The quantitative estimate of drug-likeness (QED) is 0.680. The van der Waals surface area contributed by atoms with Gasteiger partial charge in [0.1, 0.15) is 11.6 Å². The normalized spacial score (nSPS) is 10.8. The molecular formula is C17H18N4O2. The molecule has 1 amide bonds. The number of rotatable bonds is 6. The minimum Gasteiger partial charge on any atom is -0.508 e. The Morgan fingerprint density at radius 3 is 2.96 bits per heavy atom. The van der Waals surface area contributed by atoms with Crippen LogP contribution in [0.25, 0.3) is 5.65 Å². The maximum Gasteiger partial charge on any atom is 0.224 e. The Kier molecular flexibility index (Phi) is 4.52. The molecule has 3 rings (SSSR count). The van der Waals surface area contributed by atoms with Gasteiger partial charge < -0.3 is 10.4 Å². The zero-order chi connectivity index (χ0) is 16.1. The summed E-state index contributed by atoms with van der Waals surface area (Å²) in [6, 6.07) is 12.5. The Balaban J connectivity index is 1.45. The van der Waals surface area contributed by atoms with Crippen LogP contribution in [0.5, 0.6) is 5.75 Å². The molecule has 1 aromatic carbocycles. The second-order valence-corrected chi connectivity index (χ2v) is 5.35. The lowest BCUT2D eigenvalue weighted by Crippen LogP contribution is -2.26. The van der Waals surface area contributed by atoms with Crippen molar-refractivity contribution in [3.8, 4) is 5.75 Å². The first-order valence-electron chi connectivity index (χ1n) is 7.55. The molecule has 0 aliphatic heterocycles. The predicted molar refractivity (Wildman–Crippen MR) is 86.1 cm³/mol. The average molecular weight is 310 g/mol. The summed E-state index contributed by atoms with van der Waals surface area (Å²) in [6.07, 6.45) is 3.74. The number of nitrogens with zero attached hydrogens (tertiary/aromatic N) is 3. The van der Waals surface area contributed by atoms with E-state index in [0.29, 0.717) is 6.54 Å². The molecule has 0 aliphatic rings. The highest BCUT2D eigenvalue weighted by Crippen LogP contribution is 2.11.